The fourth-order valence-electron chi connectivity index (χ4n) is 0.927. The molecule has 0 rings (SSSR count). The summed E-state index contributed by atoms with van der Waals surface area (Å²) in [5.41, 5.74) is 0. The minimum Gasteiger partial charge on any atom is -0.459 e. The maximum Gasteiger partial charge on any atom is 0.158 e. The van der Waals surface area contributed by atoms with E-state index in [-0.39, 0.29) is 0 Å². The lowest BCUT2D eigenvalue weighted by Gasteiger charge is -2.14. The maximum absolute atomic E-state index is 10.2. The molecule has 1 N–H and O–H groups in total. The number of aldehydes is 1. The maximum atomic E-state index is 10.2. The Bertz CT molecular complexity index is 227. The number of rotatable bonds is 8. The molecule has 0 saturated heterocycles. The van der Waals surface area contributed by atoms with E-state index in [2.05, 4.69) is 25.0 Å². The van der Waals surface area contributed by atoms with Crippen LogP contribution < -0.4 is 5.09 Å². The van der Waals surface area contributed by atoms with Gasteiger partial charge in [0.05, 0.1) is 6.54 Å². The fourth-order valence-corrected chi connectivity index (χ4v) is 1.77. The van der Waals surface area contributed by atoms with Crippen molar-refractivity contribution in [3.63, 3.8) is 0 Å². The van der Waals surface area contributed by atoms with Crippen LogP contribution in [0, 0.1) is 0 Å². The van der Waals surface area contributed by atoms with Gasteiger partial charge in [0, 0.05) is 6.66 Å². The van der Waals surface area contributed by atoms with E-state index in [1.54, 1.807) is 0 Å². The lowest BCUT2D eigenvalue weighted by molar-refractivity contribution is -0.106. The minimum absolute atomic E-state index is 0.346. The molecular formula is C11H20NO2P. The molecule has 0 aliphatic rings. The Morgan fingerprint density at radius 1 is 1.40 bits per heavy atom. The number of hydrogen-bond donors (Lipinski definition) is 1. The van der Waals surface area contributed by atoms with Crippen molar-refractivity contribution in [2.75, 3.05) is 13.2 Å². The molecule has 0 heterocycles. The molecule has 0 aromatic heterocycles. The number of nitrogens with one attached hydrogen (secondary N) is 1. The summed E-state index contributed by atoms with van der Waals surface area (Å²) < 4.78 is 5.66. The van der Waals surface area contributed by atoms with Crippen LogP contribution >= 0.6 is 8.30 Å². The van der Waals surface area contributed by atoms with Gasteiger partial charge in [0.25, 0.3) is 0 Å². The van der Waals surface area contributed by atoms with Gasteiger partial charge in [0.15, 0.2) is 8.30 Å². The van der Waals surface area contributed by atoms with Crippen LogP contribution in [0.1, 0.15) is 26.7 Å². The van der Waals surface area contributed by atoms with Crippen LogP contribution in [0.15, 0.2) is 24.0 Å². The van der Waals surface area contributed by atoms with Crippen LogP contribution in [0.4, 0.5) is 0 Å². The van der Waals surface area contributed by atoms with E-state index in [4.69, 9.17) is 4.52 Å². The average molecular weight is 229 g/mol. The summed E-state index contributed by atoms with van der Waals surface area (Å²) in [6.07, 6.45) is 8.85. The first kappa shape index (κ1) is 14.3. The first-order valence-corrected chi connectivity index (χ1v) is 6.90. The monoisotopic (exact) mass is 229 g/mol. The van der Waals surface area contributed by atoms with E-state index in [0.29, 0.717) is 6.54 Å². The zero-order valence-corrected chi connectivity index (χ0v) is 10.6. The summed E-state index contributed by atoms with van der Waals surface area (Å²) in [7, 11) is -0.755. The summed E-state index contributed by atoms with van der Waals surface area (Å²) in [5.74, 6) is 0.881. The van der Waals surface area contributed by atoms with Crippen molar-refractivity contribution in [1.29, 1.82) is 0 Å². The van der Waals surface area contributed by atoms with Crippen LogP contribution in [-0.4, -0.2) is 19.5 Å². The molecule has 3 nitrogen and oxygen atoms in total. The van der Waals surface area contributed by atoms with Gasteiger partial charge >= 0.3 is 0 Å². The predicted molar refractivity (Wildman–Crippen MR) is 65.8 cm³/mol. The SMILES string of the molecule is CC/C=C\C(=C/CC)OP(C)NCC=O. The van der Waals surface area contributed by atoms with Gasteiger partial charge in [-0.05, 0) is 25.0 Å². The van der Waals surface area contributed by atoms with Crippen molar-refractivity contribution in [1.82, 2.24) is 5.09 Å². The van der Waals surface area contributed by atoms with E-state index in [0.717, 1.165) is 24.9 Å². The van der Waals surface area contributed by atoms with Crippen LogP contribution in [0.2, 0.25) is 0 Å². The second-order valence-electron chi connectivity index (χ2n) is 2.94. The number of carbonyl (C=O) groups excluding carboxylic acids is 1. The second-order valence-corrected chi connectivity index (χ2v) is 4.44. The molecule has 0 saturated carbocycles. The Balaban J connectivity index is 4.09. The summed E-state index contributed by atoms with van der Waals surface area (Å²) in [4.78, 5) is 10.2. The third-order valence-corrected chi connectivity index (χ3v) is 2.68. The molecule has 15 heavy (non-hydrogen) atoms. The van der Waals surface area contributed by atoms with Gasteiger partial charge < -0.3 is 9.32 Å². The normalized spacial score (nSPS) is 14.2. The highest BCUT2D eigenvalue weighted by Crippen LogP contribution is 2.30. The summed E-state index contributed by atoms with van der Waals surface area (Å²) in [6.45, 7) is 6.45. The van der Waals surface area contributed by atoms with Gasteiger partial charge in [-0.2, -0.15) is 0 Å². The first-order chi connectivity index (χ1) is 7.24. The molecule has 0 amide bonds. The molecule has 0 aromatic carbocycles. The van der Waals surface area contributed by atoms with Crippen LogP contribution in [0.25, 0.3) is 0 Å². The topological polar surface area (TPSA) is 38.3 Å². The molecular weight excluding hydrogens is 209 g/mol. The van der Waals surface area contributed by atoms with Crippen molar-refractivity contribution in [2.24, 2.45) is 0 Å². The van der Waals surface area contributed by atoms with E-state index < -0.39 is 8.30 Å². The highest BCUT2D eigenvalue weighted by molar-refractivity contribution is 7.49. The molecule has 0 bridgehead atoms. The van der Waals surface area contributed by atoms with Crippen molar-refractivity contribution in [3.8, 4) is 0 Å². The third-order valence-electron chi connectivity index (χ3n) is 1.56. The van der Waals surface area contributed by atoms with Gasteiger partial charge in [-0.3, -0.25) is 5.09 Å². The molecule has 1 atom stereocenters. The molecule has 0 spiro atoms. The molecule has 0 fully saturated rings. The fraction of sp³-hybridized carbons (Fsp3) is 0.545. The lowest BCUT2D eigenvalue weighted by Crippen LogP contribution is -2.10. The average Bonchev–Trinajstić information content (AvgIpc) is 2.23. The van der Waals surface area contributed by atoms with Crippen molar-refractivity contribution >= 4 is 14.6 Å². The van der Waals surface area contributed by atoms with E-state index in [9.17, 15) is 4.79 Å². The van der Waals surface area contributed by atoms with Crippen molar-refractivity contribution in [2.45, 2.75) is 26.7 Å². The van der Waals surface area contributed by atoms with Gasteiger partial charge in [0.1, 0.15) is 12.0 Å². The Kier molecular flexibility index (Phi) is 9.44. The van der Waals surface area contributed by atoms with Crippen LogP contribution in [0.5, 0.6) is 0 Å². The van der Waals surface area contributed by atoms with Gasteiger partial charge in [-0.25, -0.2) is 0 Å². The van der Waals surface area contributed by atoms with Gasteiger partial charge in [-0.15, -0.1) is 0 Å². The second kappa shape index (κ2) is 9.88. The number of hydrogen-bond acceptors (Lipinski definition) is 3. The highest BCUT2D eigenvalue weighted by atomic mass is 31.2. The molecule has 4 heteroatoms. The number of carbonyl (C=O) groups is 1. The molecule has 0 aliphatic heterocycles. The van der Waals surface area contributed by atoms with Crippen molar-refractivity contribution in [3.05, 3.63) is 24.0 Å². The van der Waals surface area contributed by atoms with Gasteiger partial charge in [0.2, 0.25) is 0 Å². The Hall–Kier alpha value is -0.660. The quantitative estimate of drug-likeness (QED) is 0.301. The summed E-state index contributed by atoms with van der Waals surface area (Å²) in [5, 5.41) is 3.00. The molecule has 0 radical (unpaired) electrons. The molecule has 0 aliphatic carbocycles. The molecule has 0 aromatic rings. The lowest BCUT2D eigenvalue weighted by atomic mass is 10.3. The summed E-state index contributed by atoms with van der Waals surface area (Å²) >= 11 is 0. The largest absolute Gasteiger partial charge is 0.459 e. The first-order valence-electron chi connectivity index (χ1n) is 5.20. The highest BCUT2D eigenvalue weighted by Gasteiger charge is 2.02. The van der Waals surface area contributed by atoms with E-state index >= 15 is 0 Å². The molecule has 86 valence electrons. The Morgan fingerprint density at radius 2 is 2.13 bits per heavy atom. The summed E-state index contributed by atoms with van der Waals surface area (Å²) in [6, 6.07) is 0. The standard InChI is InChI=1S/C11H20NO2P/c1-4-6-8-11(7-5-2)14-15(3)12-9-10-13/h6-8,10,12H,4-5,9H2,1-3H3/b8-6-,11-7+. The van der Waals surface area contributed by atoms with E-state index in [1.165, 1.54) is 0 Å². The number of allylic oxidation sites excluding steroid dienone is 3. The minimum atomic E-state index is -0.755. The predicted octanol–water partition coefficient (Wildman–Crippen LogP) is 2.99. The molecule has 1 unspecified atom stereocenters. The van der Waals surface area contributed by atoms with Crippen LogP contribution in [-0.2, 0) is 9.32 Å². The third kappa shape index (κ3) is 8.34. The Labute approximate surface area is 93.5 Å². The van der Waals surface area contributed by atoms with E-state index in [1.807, 2.05) is 18.8 Å². The van der Waals surface area contributed by atoms with Crippen LogP contribution in [0.3, 0.4) is 0 Å². The van der Waals surface area contributed by atoms with Gasteiger partial charge in [-0.1, -0.05) is 19.9 Å². The smallest absolute Gasteiger partial charge is 0.158 e. The zero-order valence-electron chi connectivity index (χ0n) is 9.69. The Morgan fingerprint density at radius 3 is 2.67 bits per heavy atom. The van der Waals surface area contributed by atoms with Crippen molar-refractivity contribution < 1.29 is 9.32 Å². The zero-order chi connectivity index (χ0) is 11.5.